The van der Waals surface area contributed by atoms with Gasteiger partial charge in [0.2, 0.25) is 0 Å². The molecule has 2 aromatic rings. The molecule has 0 fully saturated rings. The Bertz CT molecular complexity index is 515. The zero-order chi connectivity index (χ0) is 13.1. The van der Waals surface area contributed by atoms with Crippen molar-refractivity contribution in [2.24, 2.45) is 0 Å². The average Bonchev–Trinajstić information content (AvgIpc) is 2.92. The molecule has 1 unspecified atom stereocenters. The van der Waals surface area contributed by atoms with Crippen molar-refractivity contribution in [3.63, 3.8) is 0 Å². The number of aromatic nitrogens is 3. The van der Waals surface area contributed by atoms with Gasteiger partial charge in [0.25, 0.3) is 0 Å². The normalized spacial score (nSPS) is 12.9. The second-order valence-electron chi connectivity index (χ2n) is 4.46. The fourth-order valence-electron chi connectivity index (χ4n) is 2.08. The lowest BCUT2D eigenvalue weighted by atomic mass is 10.2. The van der Waals surface area contributed by atoms with Crippen molar-refractivity contribution in [1.82, 2.24) is 19.9 Å². The number of aryl methyl sites for hydroxylation is 3. The van der Waals surface area contributed by atoms with Crippen LogP contribution in [0.2, 0.25) is 0 Å². The molecule has 0 aromatic carbocycles. The van der Waals surface area contributed by atoms with E-state index in [2.05, 4.69) is 47.5 Å². The Morgan fingerprint density at radius 1 is 1.44 bits per heavy atom. The monoisotopic (exact) mass is 264 g/mol. The van der Waals surface area contributed by atoms with Gasteiger partial charge < -0.3 is 9.88 Å². The lowest BCUT2D eigenvalue weighted by Gasteiger charge is -2.13. The van der Waals surface area contributed by atoms with Gasteiger partial charge in [-0.2, -0.15) is 0 Å². The van der Waals surface area contributed by atoms with E-state index in [9.17, 15) is 0 Å². The minimum atomic E-state index is 0.330. The second kappa shape index (κ2) is 5.63. The molecule has 1 atom stereocenters. The number of rotatable bonds is 5. The molecule has 98 valence electrons. The predicted molar refractivity (Wildman–Crippen MR) is 74.7 cm³/mol. The molecule has 2 heterocycles. The number of imidazole rings is 1. The first-order valence-corrected chi connectivity index (χ1v) is 7.09. The third-order valence-electron chi connectivity index (χ3n) is 3.06. The average molecular weight is 264 g/mol. The van der Waals surface area contributed by atoms with Gasteiger partial charge in [0.05, 0.1) is 22.7 Å². The molecule has 1 N–H and O–H groups in total. The summed E-state index contributed by atoms with van der Waals surface area (Å²) in [5, 5.41) is 4.67. The number of nitrogens with one attached hydrogen (secondary N) is 1. The van der Waals surface area contributed by atoms with Crippen LogP contribution in [0, 0.1) is 13.8 Å². The Kier molecular flexibility index (Phi) is 4.14. The topological polar surface area (TPSA) is 42.7 Å². The Morgan fingerprint density at radius 2 is 2.22 bits per heavy atom. The van der Waals surface area contributed by atoms with E-state index in [1.807, 2.05) is 12.5 Å². The maximum absolute atomic E-state index is 4.47. The van der Waals surface area contributed by atoms with Gasteiger partial charge in [-0.05, 0) is 27.7 Å². The first-order valence-electron chi connectivity index (χ1n) is 6.28. The van der Waals surface area contributed by atoms with Gasteiger partial charge in [-0.25, -0.2) is 9.97 Å². The van der Waals surface area contributed by atoms with Crippen molar-refractivity contribution in [1.29, 1.82) is 0 Å². The summed E-state index contributed by atoms with van der Waals surface area (Å²) in [5.41, 5.74) is 2.37. The highest BCUT2D eigenvalue weighted by Crippen LogP contribution is 2.24. The van der Waals surface area contributed by atoms with Crippen LogP contribution in [-0.4, -0.2) is 14.5 Å². The van der Waals surface area contributed by atoms with E-state index in [0.717, 1.165) is 23.8 Å². The molecule has 0 amide bonds. The van der Waals surface area contributed by atoms with Crippen molar-refractivity contribution in [2.75, 3.05) is 0 Å². The third kappa shape index (κ3) is 2.79. The minimum Gasteiger partial charge on any atom is -0.334 e. The van der Waals surface area contributed by atoms with E-state index in [0.29, 0.717) is 6.04 Å². The lowest BCUT2D eigenvalue weighted by Crippen LogP contribution is -2.19. The summed E-state index contributed by atoms with van der Waals surface area (Å²) in [6, 6.07) is 0.330. The molecule has 18 heavy (non-hydrogen) atoms. The fourth-order valence-corrected chi connectivity index (χ4v) is 3.03. The molecule has 5 heteroatoms. The zero-order valence-corrected chi connectivity index (χ0v) is 12.2. The van der Waals surface area contributed by atoms with E-state index >= 15 is 0 Å². The minimum absolute atomic E-state index is 0.330. The molecular weight excluding hydrogens is 244 g/mol. The highest BCUT2D eigenvalue weighted by atomic mass is 32.1. The largest absolute Gasteiger partial charge is 0.334 e. The van der Waals surface area contributed by atoms with Crippen LogP contribution in [-0.2, 0) is 13.1 Å². The molecule has 2 rings (SSSR count). The van der Waals surface area contributed by atoms with Crippen molar-refractivity contribution < 1.29 is 0 Å². The first-order chi connectivity index (χ1) is 8.61. The molecule has 0 saturated heterocycles. The van der Waals surface area contributed by atoms with Crippen LogP contribution in [0.3, 0.4) is 0 Å². The molecular formula is C13H20N4S. The van der Waals surface area contributed by atoms with Crippen molar-refractivity contribution in [3.05, 3.63) is 33.8 Å². The lowest BCUT2D eigenvalue weighted by molar-refractivity contribution is 0.553. The second-order valence-corrected chi connectivity index (χ2v) is 5.69. The highest BCUT2D eigenvalue weighted by Gasteiger charge is 2.13. The zero-order valence-electron chi connectivity index (χ0n) is 11.4. The molecule has 0 aliphatic rings. The van der Waals surface area contributed by atoms with Crippen LogP contribution >= 0.6 is 11.3 Å². The number of thiazole rings is 1. The van der Waals surface area contributed by atoms with Gasteiger partial charge in [-0.1, -0.05) is 0 Å². The van der Waals surface area contributed by atoms with E-state index in [4.69, 9.17) is 0 Å². The summed E-state index contributed by atoms with van der Waals surface area (Å²) in [6.07, 6.45) is 3.80. The van der Waals surface area contributed by atoms with Crippen molar-refractivity contribution >= 4 is 11.3 Å². The van der Waals surface area contributed by atoms with Gasteiger partial charge in [-0.3, -0.25) is 0 Å². The fraction of sp³-hybridized carbons (Fsp3) is 0.538. The molecule has 0 saturated carbocycles. The van der Waals surface area contributed by atoms with Gasteiger partial charge in [0.15, 0.2) is 0 Å². The smallest absolute Gasteiger partial charge is 0.0948 e. The number of nitrogens with zero attached hydrogens (tertiary/aromatic N) is 3. The Hall–Kier alpha value is -1.20. The SMILES string of the molecule is CCn1cncc1CNC(C)c1sc(C)nc1C. The van der Waals surface area contributed by atoms with Crippen molar-refractivity contribution in [3.8, 4) is 0 Å². The summed E-state index contributed by atoms with van der Waals surface area (Å²) in [6.45, 7) is 10.3. The molecule has 2 aromatic heterocycles. The quantitative estimate of drug-likeness (QED) is 0.903. The Balaban J connectivity index is 2.00. The van der Waals surface area contributed by atoms with Crippen LogP contribution in [0.25, 0.3) is 0 Å². The van der Waals surface area contributed by atoms with Crippen LogP contribution in [0.1, 0.15) is 41.2 Å². The summed E-state index contributed by atoms with van der Waals surface area (Å²) >= 11 is 1.77. The molecule has 0 radical (unpaired) electrons. The summed E-state index contributed by atoms with van der Waals surface area (Å²) < 4.78 is 2.16. The van der Waals surface area contributed by atoms with Crippen LogP contribution in [0.15, 0.2) is 12.5 Å². The van der Waals surface area contributed by atoms with Crippen LogP contribution < -0.4 is 5.32 Å². The first kappa shape index (κ1) is 13.2. The van der Waals surface area contributed by atoms with Gasteiger partial charge in [0, 0.05) is 30.2 Å². The van der Waals surface area contributed by atoms with Crippen LogP contribution in [0.5, 0.6) is 0 Å². The summed E-state index contributed by atoms with van der Waals surface area (Å²) in [5.74, 6) is 0. The van der Waals surface area contributed by atoms with Gasteiger partial charge in [-0.15, -0.1) is 11.3 Å². The molecule has 0 spiro atoms. The third-order valence-corrected chi connectivity index (χ3v) is 4.32. The molecule has 0 aliphatic carbocycles. The highest BCUT2D eigenvalue weighted by molar-refractivity contribution is 7.11. The molecule has 0 bridgehead atoms. The Morgan fingerprint density at radius 3 is 2.83 bits per heavy atom. The number of hydrogen-bond acceptors (Lipinski definition) is 4. The maximum atomic E-state index is 4.47. The van der Waals surface area contributed by atoms with E-state index in [1.54, 1.807) is 11.3 Å². The van der Waals surface area contributed by atoms with Crippen LogP contribution in [0.4, 0.5) is 0 Å². The molecule has 4 nitrogen and oxygen atoms in total. The summed E-state index contributed by atoms with van der Waals surface area (Å²) in [4.78, 5) is 9.98. The maximum Gasteiger partial charge on any atom is 0.0948 e. The Labute approximate surface area is 112 Å². The number of hydrogen-bond donors (Lipinski definition) is 1. The van der Waals surface area contributed by atoms with E-state index in [1.165, 1.54) is 10.6 Å². The van der Waals surface area contributed by atoms with Gasteiger partial charge >= 0.3 is 0 Å². The van der Waals surface area contributed by atoms with Crippen molar-refractivity contribution in [2.45, 2.75) is 46.8 Å². The van der Waals surface area contributed by atoms with E-state index in [-0.39, 0.29) is 0 Å². The standard InChI is InChI=1S/C13H20N4S/c1-5-17-8-14-6-12(17)7-15-9(2)13-10(3)16-11(4)18-13/h6,8-9,15H,5,7H2,1-4H3. The molecule has 0 aliphatic heterocycles. The summed E-state index contributed by atoms with van der Waals surface area (Å²) in [7, 11) is 0. The predicted octanol–water partition coefficient (Wildman–Crippen LogP) is 2.83. The van der Waals surface area contributed by atoms with Gasteiger partial charge in [0.1, 0.15) is 0 Å². The van der Waals surface area contributed by atoms with E-state index < -0.39 is 0 Å².